The summed E-state index contributed by atoms with van der Waals surface area (Å²) in [5, 5.41) is 0. The Hall–Kier alpha value is -1.50. The Bertz CT molecular complexity index is 615. The monoisotopic (exact) mass is 432 g/mol. The van der Waals surface area contributed by atoms with E-state index >= 15 is 0 Å². The second-order valence-electron chi connectivity index (χ2n) is 6.48. The van der Waals surface area contributed by atoms with Crippen LogP contribution in [0.1, 0.15) is 55.8 Å². The van der Waals surface area contributed by atoms with Gasteiger partial charge in [0.1, 0.15) is 6.10 Å². The van der Waals surface area contributed by atoms with Gasteiger partial charge in [0.2, 0.25) is 0 Å². The molecule has 0 aromatic heterocycles. The van der Waals surface area contributed by atoms with Crippen LogP contribution in [-0.4, -0.2) is 34.9 Å². The van der Waals surface area contributed by atoms with Crippen LogP contribution in [0.3, 0.4) is 0 Å². The molecule has 7 heteroatoms. The largest absolute Gasteiger partial charge is 0.462 e. The van der Waals surface area contributed by atoms with Gasteiger partial charge < -0.3 is 9.47 Å². The van der Waals surface area contributed by atoms with Crippen molar-refractivity contribution in [2.75, 3.05) is 6.61 Å². The van der Waals surface area contributed by atoms with Gasteiger partial charge in [-0.3, -0.25) is 0 Å². The fraction of sp³-hybridized carbons (Fsp3) is 0.579. The summed E-state index contributed by atoms with van der Waals surface area (Å²) in [6.45, 7) is 1.33. The van der Waals surface area contributed by atoms with Crippen molar-refractivity contribution in [1.29, 1.82) is 0 Å². The third-order valence-corrected chi connectivity index (χ3v) is 5.84. The first-order chi connectivity index (χ1) is 12.3. The summed E-state index contributed by atoms with van der Waals surface area (Å²) in [6, 6.07) is 8.21. The SMILES string of the molecule is CCOC(=O)C(F)(F)CC(OC(=O)c1ccccc1)C1(Br)CCCCC1. The van der Waals surface area contributed by atoms with Crippen LogP contribution in [0, 0.1) is 0 Å². The average Bonchev–Trinajstić information content (AvgIpc) is 2.62. The minimum absolute atomic E-state index is 0.137. The highest BCUT2D eigenvalue weighted by Gasteiger charge is 2.50. The number of esters is 2. The topological polar surface area (TPSA) is 52.6 Å². The molecule has 0 aliphatic heterocycles. The molecule has 1 aliphatic rings. The highest BCUT2D eigenvalue weighted by molar-refractivity contribution is 9.10. The van der Waals surface area contributed by atoms with Gasteiger partial charge in [-0.05, 0) is 31.9 Å². The summed E-state index contributed by atoms with van der Waals surface area (Å²) in [7, 11) is 0. The zero-order valence-corrected chi connectivity index (χ0v) is 16.3. The Labute approximate surface area is 160 Å². The lowest BCUT2D eigenvalue weighted by atomic mass is 9.82. The molecule has 0 bridgehead atoms. The van der Waals surface area contributed by atoms with E-state index in [0.29, 0.717) is 12.8 Å². The second kappa shape index (κ2) is 8.93. The van der Waals surface area contributed by atoms with Gasteiger partial charge in [0, 0.05) is 0 Å². The lowest BCUT2D eigenvalue weighted by Crippen LogP contribution is -2.47. The van der Waals surface area contributed by atoms with Gasteiger partial charge in [0.15, 0.2) is 0 Å². The van der Waals surface area contributed by atoms with Gasteiger partial charge in [-0.1, -0.05) is 53.4 Å². The maximum atomic E-state index is 14.3. The molecule has 1 atom stereocenters. The molecule has 26 heavy (non-hydrogen) atoms. The van der Waals surface area contributed by atoms with Crippen LogP contribution in [0.2, 0.25) is 0 Å². The second-order valence-corrected chi connectivity index (χ2v) is 8.06. The van der Waals surface area contributed by atoms with Crippen molar-refractivity contribution >= 4 is 27.9 Å². The molecule has 1 aromatic carbocycles. The number of carbonyl (C=O) groups excluding carboxylic acids is 2. The highest BCUT2D eigenvalue weighted by Crippen LogP contribution is 2.43. The summed E-state index contributed by atoms with van der Waals surface area (Å²) >= 11 is 3.54. The standard InChI is InChI=1S/C19H23BrF2O4/c1-2-25-17(24)19(21,22)13-15(18(20)11-7-4-8-12-18)26-16(23)14-9-5-3-6-10-14/h3,5-6,9-10,15H,2,4,7-8,11-13H2,1H3. The van der Waals surface area contributed by atoms with Crippen LogP contribution in [-0.2, 0) is 14.3 Å². The maximum absolute atomic E-state index is 14.3. The third kappa shape index (κ3) is 5.25. The average molecular weight is 433 g/mol. The first-order valence-corrected chi connectivity index (χ1v) is 9.58. The van der Waals surface area contributed by atoms with E-state index in [1.54, 1.807) is 30.3 Å². The first kappa shape index (κ1) is 20.8. The fourth-order valence-corrected chi connectivity index (χ4v) is 3.93. The number of rotatable bonds is 7. The van der Waals surface area contributed by atoms with Crippen molar-refractivity contribution in [3.05, 3.63) is 35.9 Å². The number of carbonyl (C=O) groups is 2. The summed E-state index contributed by atoms with van der Waals surface area (Å²) in [6.07, 6.45) is 1.83. The minimum Gasteiger partial charge on any atom is -0.462 e. The van der Waals surface area contributed by atoms with Gasteiger partial charge in [-0.25, -0.2) is 9.59 Å². The Morgan fingerprint density at radius 3 is 2.38 bits per heavy atom. The van der Waals surface area contributed by atoms with E-state index in [1.165, 1.54) is 6.92 Å². The number of hydrogen-bond acceptors (Lipinski definition) is 4. The number of halogens is 3. The van der Waals surface area contributed by atoms with E-state index in [0.717, 1.165) is 19.3 Å². The summed E-state index contributed by atoms with van der Waals surface area (Å²) in [5.41, 5.74) is 0.281. The van der Waals surface area contributed by atoms with E-state index in [-0.39, 0.29) is 12.2 Å². The molecule has 0 spiro atoms. The smallest absolute Gasteiger partial charge is 0.377 e. The molecule has 0 saturated heterocycles. The summed E-state index contributed by atoms with van der Waals surface area (Å²) in [5.74, 6) is -6.00. The minimum atomic E-state index is -3.73. The molecule has 144 valence electrons. The fourth-order valence-electron chi connectivity index (χ4n) is 3.12. The number of hydrogen-bond donors (Lipinski definition) is 0. The van der Waals surface area contributed by atoms with E-state index in [2.05, 4.69) is 20.7 Å². The Morgan fingerprint density at radius 1 is 1.19 bits per heavy atom. The van der Waals surface area contributed by atoms with E-state index in [4.69, 9.17) is 4.74 Å². The van der Waals surface area contributed by atoms with Crippen molar-refractivity contribution in [2.45, 2.75) is 61.8 Å². The molecule has 0 heterocycles. The maximum Gasteiger partial charge on any atom is 0.377 e. The molecule has 2 rings (SSSR count). The molecular formula is C19H23BrF2O4. The quantitative estimate of drug-likeness (QED) is 0.454. The zero-order chi connectivity index (χ0) is 19.2. The predicted octanol–water partition coefficient (Wildman–Crippen LogP) is 4.90. The Morgan fingerprint density at radius 2 is 1.81 bits per heavy atom. The molecule has 0 N–H and O–H groups in total. The van der Waals surface area contributed by atoms with Crippen LogP contribution in [0.15, 0.2) is 30.3 Å². The van der Waals surface area contributed by atoms with E-state index < -0.39 is 34.7 Å². The van der Waals surface area contributed by atoms with Gasteiger partial charge in [-0.2, -0.15) is 8.78 Å². The van der Waals surface area contributed by atoms with Crippen LogP contribution in [0.5, 0.6) is 0 Å². The van der Waals surface area contributed by atoms with Gasteiger partial charge >= 0.3 is 17.9 Å². The molecule has 1 unspecified atom stereocenters. The predicted molar refractivity (Wildman–Crippen MR) is 96.6 cm³/mol. The normalized spacial score (nSPS) is 18.0. The Kier molecular flexibility index (Phi) is 7.15. The third-order valence-electron chi connectivity index (χ3n) is 4.54. The van der Waals surface area contributed by atoms with Crippen molar-refractivity contribution in [2.24, 2.45) is 0 Å². The van der Waals surface area contributed by atoms with Crippen LogP contribution in [0.25, 0.3) is 0 Å². The van der Waals surface area contributed by atoms with Crippen LogP contribution in [0.4, 0.5) is 8.78 Å². The van der Waals surface area contributed by atoms with Crippen molar-refractivity contribution < 1.29 is 27.8 Å². The molecule has 4 nitrogen and oxygen atoms in total. The van der Waals surface area contributed by atoms with Crippen LogP contribution < -0.4 is 0 Å². The van der Waals surface area contributed by atoms with Crippen LogP contribution >= 0.6 is 15.9 Å². The molecule has 1 aliphatic carbocycles. The van der Waals surface area contributed by atoms with Crippen molar-refractivity contribution in [3.8, 4) is 0 Å². The molecule has 0 radical (unpaired) electrons. The lowest BCUT2D eigenvalue weighted by Gasteiger charge is -2.39. The number of benzene rings is 1. The summed E-state index contributed by atoms with van der Waals surface area (Å²) < 4.78 is 37.9. The highest BCUT2D eigenvalue weighted by atomic mass is 79.9. The van der Waals surface area contributed by atoms with E-state index in [9.17, 15) is 18.4 Å². The molecule has 1 aromatic rings. The van der Waals surface area contributed by atoms with Crippen molar-refractivity contribution in [3.63, 3.8) is 0 Å². The Balaban J connectivity index is 2.21. The molecule has 1 fully saturated rings. The van der Waals surface area contributed by atoms with Gasteiger partial charge in [0.05, 0.1) is 22.9 Å². The lowest BCUT2D eigenvalue weighted by molar-refractivity contribution is -0.176. The number of alkyl halides is 3. The molecule has 1 saturated carbocycles. The van der Waals surface area contributed by atoms with Gasteiger partial charge in [-0.15, -0.1) is 0 Å². The molecule has 0 amide bonds. The zero-order valence-electron chi connectivity index (χ0n) is 14.7. The first-order valence-electron chi connectivity index (χ1n) is 8.78. The van der Waals surface area contributed by atoms with Crippen molar-refractivity contribution in [1.82, 2.24) is 0 Å². The number of ether oxygens (including phenoxy) is 2. The molecular weight excluding hydrogens is 410 g/mol. The van der Waals surface area contributed by atoms with Gasteiger partial charge in [0.25, 0.3) is 0 Å². The summed E-state index contributed by atoms with van der Waals surface area (Å²) in [4.78, 5) is 24.0. The van der Waals surface area contributed by atoms with E-state index in [1.807, 2.05) is 0 Å².